The van der Waals surface area contributed by atoms with Crippen LogP contribution in [0.5, 0.6) is 0 Å². The van der Waals surface area contributed by atoms with Crippen molar-refractivity contribution in [2.75, 3.05) is 6.54 Å². The molecule has 1 amide bonds. The topological polar surface area (TPSA) is 29.5 Å². The first-order valence-electron chi connectivity index (χ1n) is 6.03. The summed E-state index contributed by atoms with van der Waals surface area (Å²) in [6.07, 6.45) is 3.77. The highest BCUT2D eigenvalue weighted by molar-refractivity contribution is 5.91. The van der Waals surface area contributed by atoms with Gasteiger partial charge in [-0.1, -0.05) is 30.3 Å². The molecule has 88 valence electrons. The second-order valence-corrected chi connectivity index (χ2v) is 4.51. The van der Waals surface area contributed by atoms with E-state index < -0.39 is 0 Å². The third-order valence-electron chi connectivity index (χ3n) is 3.38. The van der Waals surface area contributed by atoms with Crippen molar-refractivity contribution >= 4 is 5.91 Å². The van der Waals surface area contributed by atoms with Crippen molar-refractivity contribution in [3.8, 4) is 0 Å². The molecule has 2 aliphatic rings. The highest BCUT2D eigenvalue weighted by Crippen LogP contribution is 2.30. The first kappa shape index (κ1) is 10.4. The Morgan fingerprint density at radius 3 is 2.94 bits per heavy atom. The molecular weight excluding hydrogens is 214 g/mol. The van der Waals surface area contributed by atoms with E-state index in [1.165, 1.54) is 0 Å². The van der Waals surface area contributed by atoms with Crippen molar-refractivity contribution in [1.82, 2.24) is 4.90 Å². The van der Waals surface area contributed by atoms with Crippen LogP contribution in [-0.4, -0.2) is 23.4 Å². The van der Waals surface area contributed by atoms with E-state index in [1.54, 1.807) is 6.08 Å². The van der Waals surface area contributed by atoms with E-state index in [9.17, 15) is 4.79 Å². The zero-order valence-corrected chi connectivity index (χ0v) is 9.63. The summed E-state index contributed by atoms with van der Waals surface area (Å²) in [5.41, 5.74) is 1.14. The molecule has 0 radical (unpaired) electrons. The molecule has 3 nitrogen and oxygen atoms in total. The van der Waals surface area contributed by atoms with Crippen LogP contribution in [0.25, 0.3) is 0 Å². The van der Waals surface area contributed by atoms with Gasteiger partial charge in [-0.25, -0.2) is 0 Å². The van der Waals surface area contributed by atoms with Crippen LogP contribution in [0, 0.1) is 0 Å². The summed E-state index contributed by atoms with van der Waals surface area (Å²) in [6, 6.07) is 10.2. The second kappa shape index (κ2) is 4.24. The average Bonchev–Trinajstić information content (AvgIpc) is 2.93. The van der Waals surface area contributed by atoms with Gasteiger partial charge in [-0.2, -0.15) is 0 Å². The van der Waals surface area contributed by atoms with Crippen molar-refractivity contribution in [3.63, 3.8) is 0 Å². The third-order valence-corrected chi connectivity index (χ3v) is 3.38. The lowest BCUT2D eigenvalue weighted by Gasteiger charge is -2.18. The maximum Gasteiger partial charge on any atom is 0.250 e. The Kier molecular flexibility index (Phi) is 2.59. The van der Waals surface area contributed by atoms with Gasteiger partial charge >= 0.3 is 0 Å². The van der Waals surface area contributed by atoms with E-state index in [2.05, 4.69) is 0 Å². The molecule has 3 rings (SSSR count). The van der Waals surface area contributed by atoms with E-state index in [0.29, 0.717) is 6.61 Å². The summed E-state index contributed by atoms with van der Waals surface area (Å²) in [6.45, 7) is 1.42. The van der Waals surface area contributed by atoms with Crippen LogP contribution >= 0.6 is 0 Å². The molecule has 1 aromatic carbocycles. The van der Waals surface area contributed by atoms with Crippen molar-refractivity contribution in [2.24, 2.45) is 0 Å². The fourth-order valence-corrected chi connectivity index (χ4v) is 2.51. The number of hydrogen-bond donors (Lipinski definition) is 0. The molecule has 1 fully saturated rings. The number of nitrogens with zero attached hydrogens (tertiary/aromatic N) is 1. The maximum absolute atomic E-state index is 11.6. The lowest BCUT2D eigenvalue weighted by molar-refractivity contribution is -0.125. The number of fused-ring (bicyclic) bond motifs is 1. The molecule has 2 aliphatic heterocycles. The minimum absolute atomic E-state index is 0.107. The van der Waals surface area contributed by atoms with E-state index in [4.69, 9.17) is 4.74 Å². The largest absolute Gasteiger partial charge is 0.491 e. The van der Waals surface area contributed by atoms with Gasteiger partial charge < -0.3 is 9.64 Å². The number of carbonyl (C=O) groups is 1. The van der Waals surface area contributed by atoms with Gasteiger partial charge in [0.05, 0.1) is 6.04 Å². The van der Waals surface area contributed by atoms with Gasteiger partial charge in [-0.15, -0.1) is 0 Å². The Hall–Kier alpha value is -1.77. The van der Waals surface area contributed by atoms with E-state index in [0.717, 1.165) is 30.7 Å². The molecule has 3 heteroatoms. The van der Waals surface area contributed by atoms with Gasteiger partial charge in [0.15, 0.2) is 0 Å². The predicted molar refractivity (Wildman–Crippen MR) is 64.0 cm³/mol. The van der Waals surface area contributed by atoms with Crippen molar-refractivity contribution in [1.29, 1.82) is 0 Å². The minimum Gasteiger partial charge on any atom is -0.491 e. The molecule has 1 aromatic rings. The zero-order valence-electron chi connectivity index (χ0n) is 9.63. The molecule has 1 saturated heterocycles. The molecule has 0 bridgehead atoms. The van der Waals surface area contributed by atoms with Crippen molar-refractivity contribution in [3.05, 3.63) is 47.7 Å². The van der Waals surface area contributed by atoms with Gasteiger partial charge in [-0.05, 0) is 18.4 Å². The molecule has 0 saturated carbocycles. The molecule has 0 unspecified atom stereocenters. The molecule has 0 spiro atoms. The predicted octanol–water partition coefficient (Wildman–Crippen LogP) is 2.09. The molecule has 0 aromatic heterocycles. The summed E-state index contributed by atoms with van der Waals surface area (Å²) in [5, 5.41) is 0. The number of hydrogen-bond acceptors (Lipinski definition) is 2. The summed E-state index contributed by atoms with van der Waals surface area (Å²) in [7, 11) is 0. The maximum atomic E-state index is 11.6. The van der Waals surface area contributed by atoms with Gasteiger partial charge in [-0.3, -0.25) is 4.79 Å². The number of carbonyl (C=O) groups excluding carboxylic acids is 1. The van der Waals surface area contributed by atoms with Crippen LogP contribution in [0.3, 0.4) is 0 Å². The average molecular weight is 229 g/mol. The monoisotopic (exact) mass is 229 g/mol. The van der Waals surface area contributed by atoms with Gasteiger partial charge in [0.25, 0.3) is 5.91 Å². The van der Waals surface area contributed by atoms with Crippen LogP contribution in [0.2, 0.25) is 0 Å². The summed E-state index contributed by atoms with van der Waals surface area (Å²) in [5.74, 6) is 0.951. The first-order valence-corrected chi connectivity index (χ1v) is 6.03. The van der Waals surface area contributed by atoms with Gasteiger partial charge in [0, 0.05) is 12.6 Å². The van der Waals surface area contributed by atoms with Crippen LogP contribution < -0.4 is 0 Å². The Morgan fingerprint density at radius 2 is 2.12 bits per heavy atom. The van der Waals surface area contributed by atoms with E-state index >= 15 is 0 Å². The Morgan fingerprint density at radius 1 is 1.29 bits per heavy atom. The Balaban J connectivity index is 1.66. The van der Waals surface area contributed by atoms with Crippen LogP contribution in [-0.2, 0) is 16.1 Å². The number of rotatable bonds is 3. The third kappa shape index (κ3) is 1.93. The van der Waals surface area contributed by atoms with Gasteiger partial charge in [0.2, 0.25) is 0 Å². The zero-order chi connectivity index (χ0) is 11.7. The normalized spacial score (nSPS) is 22.6. The van der Waals surface area contributed by atoms with E-state index in [1.807, 2.05) is 35.2 Å². The van der Waals surface area contributed by atoms with E-state index in [-0.39, 0.29) is 11.9 Å². The highest BCUT2D eigenvalue weighted by Gasteiger charge is 2.37. The SMILES string of the molecule is O=C1C=C(OCc2ccccc2)[C@H]2CCCN12. The number of amides is 1. The first-order chi connectivity index (χ1) is 8.34. The summed E-state index contributed by atoms with van der Waals surface area (Å²) in [4.78, 5) is 13.6. The molecule has 0 N–H and O–H groups in total. The second-order valence-electron chi connectivity index (χ2n) is 4.51. The highest BCUT2D eigenvalue weighted by atomic mass is 16.5. The lowest BCUT2D eigenvalue weighted by atomic mass is 10.2. The molecule has 1 atom stereocenters. The van der Waals surface area contributed by atoms with Crippen molar-refractivity contribution < 1.29 is 9.53 Å². The fraction of sp³-hybridized carbons (Fsp3) is 0.357. The smallest absolute Gasteiger partial charge is 0.250 e. The van der Waals surface area contributed by atoms with Crippen molar-refractivity contribution in [2.45, 2.75) is 25.5 Å². The van der Waals surface area contributed by atoms with Gasteiger partial charge in [0.1, 0.15) is 12.4 Å². The standard InChI is InChI=1S/C14H15NO2/c16-14-9-13(12-7-4-8-15(12)14)17-10-11-5-2-1-3-6-11/h1-3,5-6,9,12H,4,7-8,10H2/t12-/m1/s1. The summed E-state index contributed by atoms with van der Waals surface area (Å²) >= 11 is 0. The summed E-state index contributed by atoms with van der Waals surface area (Å²) < 4.78 is 5.77. The molecular formula is C14H15NO2. The van der Waals surface area contributed by atoms with Crippen LogP contribution in [0.15, 0.2) is 42.2 Å². The quantitative estimate of drug-likeness (QED) is 0.794. The fourth-order valence-electron chi connectivity index (χ4n) is 2.51. The Labute approximate surface area is 101 Å². The minimum atomic E-state index is 0.107. The lowest BCUT2D eigenvalue weighted by Crippen LogP contribution is -2.29. The molecule has 2 heterocycles. The Bertz CT molecular complexity index is 453. The number of ether oxygens (including phenoxy) is 1. The van der Waals surface area contributed by atoms with Crippen LogP contribution in [0.1, 0.15) is 18.4 Å². The van der Waals surface area contributed by atoms with Crippen LogP contribution in [0.4, 0.5) is 0 Å². The number of benzene rings is 1. The molecule has 17 heavy (non-hydrogen) atoms. The molecule has 0 aliphatic carbocycles.